The topological polar surface area (TPSA) is 0 Å². The molecule has 166 valence electrons. The van der Waals surface area contributed by atoms with Crippen molar-refractivity contribution in [3.05, 3.63) is 120 Å². The third-order valence-electron chi connectivity index (χ3n) is 8.50. The Hall–Kier alpha value is -3.64. The van der Waals surface area contributed by atoms with Crippen molar-refractivity contribution in [2.24, 2.45) is 0 Å². The fourth-order valence-corrected chi connectivity index (χ4v) is 5.50. The van der Waals surface area contributed by atoms with E-state index in [4.69, 9.17) is 0 Å². The molecule has 0 radical (unpaired) electrons. The zero-order chi connectivity index (χ0) is 23.5. The summed E-state index contributed by atoms with van der Waals surface area (Å²) in [4.78, 5) is 0. The van der Waals surface area contributed by atoms with Crippen molar-refractivity contribution in [2.75, 3.05) is 0 Å². The Kier molecular flexibility index (Phi) is 4.58. The van der Waals surface area contributed by atoms with Gasteiger partial charge in [-0.25, -0.2) is 0 Å². The molecule has 6 aromatic rings. The maximum absolute atomic E-state index is 2.43. The van der Waals surface area contributed by atoms with Crippen molar-refractivity contribution in [3.63, 3.8) is 0 Å². The second-order valence-corrected chi connectivity index (χ2v) is 10.7. The molecule has 0 unspecified atom stereocenters. The van der Waals surface area contributed by atoms with Gasteiger partial charge in [-0.3, -0.25) is 0 Å². The van der Waals surface area contributed by atoms with Crippen LogP contribution in [-0.2, 0) is 10.8 Å². The lowest BCUT2D eigenvalue weighted by Gasteiger charge is -2.43. The summed E-state index contributed by atoms with van der Waals surface area (Å²) in [7, 11) is 0. The Morgan fingerprint density at radius 1 is 0.353 bits per heavy atom. The van der Waals surface area contributed by atoms with Gasteiger partial charge >= 0.3 is 0 Å². The molecular weight excluding hydrogens is 408 g/mol. The highest BCUT2D eigenvalue weighted by molar-refractivity contribution is 6.08. The Morgan fingerprint density at radius 3 is 1.09 bits per heavy atom. The molecule has 0 heterocycles. The first-order valence-corrected chi connectivity index (χ1v) is 12.2. The standard InChI is InChI=1S/C34H30/c1-33(2,27-19-17-25-15-13-23-9-5-7-11-29(23)31(25)21-27)34(3,4)28-20-18-26-16-14-24-10-6-8-12-30(24)32(26)22-28/h5-22H,1-4H3. The van der Waals surface area contributed by atoms with Gasteiger partial charge in [0.2, 0.25) is 0 Å². The third kappa shape index (κ3) is 3.06. The van der Waals surface area contributed by atoms with E-state index in [0.717, 1.165) is 0 Å². The van der Waals surface area contributed by atoms with Crippen LogP contribution < -0.4 is 0 Å². The second kappa shape index (κ2) is 7.43. The fourth-order valence-electron chi connectivity index (χ4n) is 5.50. The Balaban J connectivity index is 1.52. The molecule has 0 fully saturated rings. The van der Waals surface area contributed by atoms with E-state index in [9.17, 15) is 0 Å². The summed E-state index contributed by atoms with van der Waals surface area (Å²) in [5.74, 6) is 0. The quantitative estimate of drug-likeness (QED) is 0.241. The smallest absolute Gasteiger partial charge is 0.00118 e. The normalized spacial score (nSPS) is 12.7. The average molecular weight is 439 g/mol. The molecule has 0 heteroatoms. The molecule has 6 rings (SSSR count). The van der Waals surface area contributed by atoms with Crippen molar-refractivity contribution in [3.8, 4) is 0 Å². The molecular formula is C34H30. The van der Waals surface area contributed by atoms with E-state index >= 15 is 0 Å². The highest BCUT2D eigenvalue weighted by atomic mass is 14.4. The van der Waals surface area contributed by atoms with E-state index in [1.807, 2.05) is 0 Å². The van der Waals surface area contributed by atoms with Crippen LogP contribution >= 0.6 is 0 Å². The van der Waals surface area contributed by atoms with Gasteiger partial charge in [0.25, 0.3) is 0 Å². The first-order valence-electron chi connectivity index (χ1n) is 12.2. The van der Waals surface area contributed by atoms with E-state index in [1.165, 1.54) is 54.2 Å². The zero-order valence-corrected chi connectivity index (χ0v) is 20.4. The molecule has 0 saturated carbocycles. The van der Waals surface area contributed by atoms with E-state index in [1.54, 1.807) is 0 Å². The van der Waals surface area contributed by atoms with Gasteiger partial charge in [0, 0.05) is 0 Å². The third-order valence-corrected chi connectivity index (χ3v) is 8.50. The summed E-state index contributed by atoms with van der Waals surface area (Å²) in [6.45, 7) is 9.58. The monoisotopic (exact) mass is 438 g/mol. The van der Waals surface area contributed by atoms with Crippen molar-refractivity contribution < 1.29 is 0 Å². The van der Waals surface area contributed by atoms with Gasteiger partial charge in [-0.2, -0.15) is 0 Å². The number of hydrogen-bond donors (Lipinski definition) is 0. The Morgan fingerprint density at radius 2 is 0.676 bits per heavy atom. The SMILES string of the molecule is CC(C)(c1ccc2ccc3ccccc3c2c1)C(C)(C)c1ccc2ccc3ccccc3c2c1. The Labute approximate surface area is 201 Å². The van der Waals surface area contributed by atoms with Gasteiger partial charge in [0.05, 0.1) is 0 Å². The maximum Gasteiger partial charge on any atom is -0.00118 e. The fraction of sp³-hybridized carbons (Fsp3) is 0.176. The van der Waals surface area contributed by atoms with Gasteiger partial charge in [-0.15, -0.1) is 0 Å². The Bertz CT molecular complexity index is 1570. The molecule has 0 amide bonds. The molecule has 0 aliphatic rings. The average Bonchev–Trinajstić information content (AvgIpc) is 2.87. The summed E-state index contributed by atoms with van der Waals surface area (Å²) < 4.78 is 0. The first-order chi connectivity index (χ1) is 16.4. The zero-order valence-electron chi connectivity index (χ0n) is 20.4. The maximum atomic E-state index is 2.43. The largest absolute Gasteiger partial charge is 0.0616 e. The van der Waals surface area contributed by atoms with Crippen molar-refractivity contribution >= 4 is 43.1 Å². The van der Waals surface area contributed by atoms with Crippen LogP contribution in [0.5, 0.6) is 0 Å². The molecule has 0 aromatic heterocycles. The molecule has 6 aromatic carbocycles. The van der Waals surface area contributed by atoms with Crippen LogP contribution in [0.25, 0.3) is 43.1 Å². The number of rotatable bonds is 3. The van der Waals surface area contributed by atoms with E-state index < -0.39 is 0 Å². The van der Waals surface area contributed by atoms with Crippen LogP contribution in [0, 0.1) is 0 Å². The molecule has 0 aliphatic carbocycles. The molecule has 0 bridgehead atoms. The van der Waals surface area contributed by atoms with Gasteiger partial charge in [-0.05, 0) is 77.2 Å². The van der Waals surface area contributed by atoms with E-state index in [0.29, 0.717) is 0 Å². The van der Waals surface area contributed by atoms with Gasteiger partial charge in [0.1, 0.15) is 0 Å². The predicted molar refractivity (Wildman–Crippen MR) is 149 cm³/mol. The molecule has 0 saturated heterocycles. The molecule has 0 N–H and O–H groups in total. The van der Waals surface area contributed by atoms with Crippen LogP contribution in [0.4, 0.5) is 0 Å². The molecule has 0 spiro atoms. The highest BCUT2D eigenvalue weighted by Crippen LogP contribution is 2.45. The lowest BCUT2D eigenvalue weighted by Crippen LogP contribution is -2.40. The van der Waals surface area contributed by atoms with E-state index in [-0.39, 0.29) is 10.8 Å². The first kappa shape index (κ1) is 20.9. The summed E-state index contributed by atoms with van der Waals surface area (Å²) in [5, 5.41) is 10.5. The number of fused-ring (bicyclic) bond motifs is 6. The van der Waals surface area contributed by atoms with Gasteiger partial charge in [-0.1, -0.05) is 125 Å². The molecule has 0 aliphatic heterocycles. The van der Waals surface area contributed by atoms with Gasteiger partial charge in [0.15, 0.2) is 0 Å². The van der Waals surface area contributed by atoms with E-state index in [2.05, 4.69) is 137 Å². The summed E-state index contributed by atoms with van der Waals surface area (Å²) in [5.41, 5.74) is 2.60. The second-order valence-electron chi connectivity index (χ2n) is 10.7. The molecule has 34 heavy (non-hydrogen) atoms. The van der Waals surface area contributed by atoms with Crippen LogP contribution in [0.15, 0.2) is 109 Å². The lowest BCUT2D eigenvalue weighted by molar-refractivity contribution is 0.303. The number of hydrogen-bond acceptors (Lipinski definition) is 0. The van der Waals surface area contributed by atoms with Crippen LogP contribution in [0.3, 0.4) is 0 Å². The highest BCUT2D eigenvalue weighted by Gasteiger charge is 2.40. The summed E-state index contributed by atoms with van der Waals surface area (Å²) in [6, 6.07) is 40.5. The summed E-state index contributed by atoms with van der Waals surface area (Å²) >= 11 is 0. The predicted octanol–water partition coefficient (Wildman–Crippen LogP) is 9.55. The lowest BCUT2D eigenvalue weighted by atomic mass is 9.60. The van der Waals surface area contributed by atoms with Crippen LogP contribution in [-0.4, -0.2) is 0 Å². The van der Waals surface area contributed by atoms with Crippen molar-refractivity contribution in [1.82, 2.24) is 0 Å². The van der Waals surface area contributed by atoms with Crippen LogP contribution in [0.2, 0.25) is 0 Å². The molecule has 0 nitrogen and oxygen atoms in total. The van der Waals surface area contributed by atoms with Crippen LogP contribution in [0.1, 0.15) is 38.8 Å². The van der Waals surface area contributed by atoms with Crippen molar-refractivity contribution in [1.29, 1.82) is 0 Å². The van der Waals surface area contributed by atoms with Gasteiger partial charge < -0.3 is 0 Å². The van der Waals surface area contributed by atoms with Crippen molar-refractivity contribution in [2.45, 2.75) is 38.5 Å². The minimum atomic E-state index is -0.0730. The minimum absolute atomic E-state index is 0.0730. The minimum Gasteiger partial charge on any atom is -0.0616 e. The number of benzene rings is 6. The summed E-state index contributed by atoms with van der Waals surface area (Å²) in [6.07, 6.45) is 0. The molecule has 0 atom stereocenters.